The van der Waals surface area contributed by atoms with Crippen LogP contribution in [0.5, 0.6) is 0 Å². The third-order valence-electron chi connectivity index (χ3n) is 0.0962. The van der Waals surface area contributed by atoms with Gasteiger partial charge in [0, 0.05) is 0 Å². The molecule has 0 aromatic rings. The first-order valence-corrected chi connectivity index (χ1v) is 4.85. The van der Waals surface area contributed by atoms with Gasteiger partial charge < -0.3 is 0 Å². The summed E-state index contributed by atoms with van der Waals surface area (Å²) in [7, 11) is 5.96. The highest BCUT2D eigenvalue weighted by Crippen LogP contribution is 2.23. The summed E-state index contributed by atoms with van der Waals surface area (Å²) < 4.78 is 0. The second-order valence-corrected chi connectivity index (χ2v) is 4.10. The third kappa shape index (κ3) is 3.13. The Morgan fingerprint density at radius 3 is 2.00 bits per heavy atom. The first-order valence-electron chi connectivity index (χ1n) is 0.811. The highest BCUT2D eigenvalue weighted by molar-refractivity contribution is 8.93. The summed E-state index contributed by atoms with van der Waals surface area (Å²) in [4.78, 5) is 0. The summed E-state index contributed by atoms with van der Waals surface area (Å²) in [6.45, 7) is 0. The molecule has 0 fully saturated rings. The lowest BCUT2D eigenvalue weighted by atomic mass is 12.0. The van der Waals surface area contributed by atoms with E-state index in [4.69, 9.17) is 0 Å². The molecule has 0 aromatic heterocycles. The summed E-state index contributed by atoms with van der Waals surface area (Å²) in [6.07, 6.45) is 2.04. The van der Waals surface area contributed by atoms with E-state index in [0.717, 1.165) is 0 Å². The number of hydrogen-bond acceptors (Lipinski definition) is 2. The van der Waals surface area contributed by atoms with Gasteiger partial charge in [-0.05, 0) is 6.26 Å². The summed E-state index contributed by atoms with van der Waals surface area (Å²) in [5, 5.41) is 0. The van der Waals surface area contributed by atoms with Crippen molar-refractivity contribution in [2.75, 3.05) is 6.26 Å². The number of hydrogen-bond donors (Lipinski definition) is 0. The SMILES string of the molecule is CSSP. The molecule has 4 heavy (non-hydrogen) atoms. The van der Waals surface area contributed by atoms with Crippen LogP contribution >= 0.6 is 29.6 Å². The van der Waals surface area contributed by atoms with E-state index in [2.05, 4.69) is 8.44 Å². The van der Waals surface area contributed by atoms with Crippen LogP contribution in [-0.4, -0.2) is 6.26 Å². The van der Waals surface area contributed by atoms with E-state index in [0.29, 0.717) is 0 Å². The molecule has 3 heteroatoms. The highest BCUT2D eigenvalue weighted by atomic mass is 33.3. The molecule has 0 heterocycles. The van der Waals surface area contributed by atoms with Gasteiger partial charge in [0.1, 0.15) is 0 Å². The Morgan fingerprint density at radius 1 is 1.75 bits per heavy atom. The van der Waals surface area contributed by atoms with Crippen LogP contribution in [0.4, 0.5) is 0 Å². The summed E-state index contributed by atoms with van der Waals surface area (Å²) >= 11 is 0. The Labute approximate surface area is 36.5 Å². The maximum absolute atomic E-state index is 2.53. The lowest BCUT2D eigenvalue weighted by Crippen LogP contribution is -1.16. The molecule has 0 rings (SSSR count). The zero-order valence-corrected chi connectivity index (χ0v) is 5.18. The molecule has 0 aliphatic rings. The standard InChI is InChI=1S/CH5PS2/c1-3-4-2/h2H2,1H3. The van der Waals surface area contributed by atoms with Crippen LogP contribution in [0.2, 0.25) is 0 Å². The second kappa shape index (κ2) is 4.13. The van der Waals surface area contributed by atoms with Crippen molar-refractivity contribution in [3.05, 3.63) is 0 Å². The summed E-state index contributed by atoms with van der Waals surface area (Å²) in [6, 6.07) is 0. The Morgan fingerprint density at radius 2 is 2.00 bits per heavy atom. The van der Waals surface area contributed by atoms with E-state index < -0.39 is 0 Å². The lowest BCUT2D eigenvalue weighted by Gasteiger charge is -1.69. The fourth-order valence-electron chi connectivity index (χ4n) is 0. The van der Waals surface area contributed by atoms with Gasteiger partial charge >= 0.3 is 0 Å². The van der Waals surface area contributed by atoms with Crippen molar-refractivity contribution in [1.29, 1.82) is 0 Å². The van der Waals surface area contributed by atoms with E-state index >= 15 is 0 Å². The second-order valence-electron chi connectivity index (χ2n) is 0.263. The van der Waals surface area contributed by atoms with E-state index in [1.165, 1.54) is 0 Å². The fraction of sp³-hybridized carbons (Fsp3) is 1.00. The highest BCUT2D eigenvalue weighted by Gasteiger charge is 1.55. The van der Waals surface area contributed by atoms with Gasteiger partial charge in [-0.15, -0.1) is 0 Å². The van der Waals surface area contributed by atoms with Crippen molar-refractivity contribution in [2.45, 2.75) is 0 Å². The summed E-state index contributed by atoms with van der Waals surface area (Å²) in [5.41, 5.74) is 0. The van der Waals surface area contributed by atoms with Crippen LogP contribution in [0, 0.1) is 0 Å². The molecule has 0 saturated carbocycles. The molecule has 26 valence electrons. The van der Waals surface area contributed by atoms with Gasteiger partial charge in [-0.3, -0.25) is 0 Å². The lowest BCUT2D eigenvalue weighted by molar-refractivity contribution is 2.55. The fourth-order valence-corrected chi connectivity index (χ4v) is 0. The smallest absolute Gasteiger partial charge is 0.00761 e. The van der Waals surface area contributed by atoms with Gasteiger partial charge in [0.15, 0.2) is 0 Å². The Kier molecular flexibility index (Phi) is 5.30. The minimum Gasteiger partial charge on any atom is -0.0936 e. The van der Waals surface area contributed by atoms with Crippen molar-refractivity contribution in [2.24, 2.45) is 0 Å². The normalized spacial score (nSPS) is 7.50. The Balaban J connectivity index is 1.97. The zero-order chi connectivity index (χ0) is 3.41. The predicted molar refractivity (Wildman–Crippen MR) is 30.8 cm³/mol. The molecule has 1 atom stereocenters. The minimum atomic E-state index is 1.69. The first-order chi connectivity index (χ1) is 1.91. The van der Waals surface area contributed by atoms with Gasteiger partial charge in [0.25, 0.3) is 0 Å². The molecule has 0 spiro atoms. The molecular weight excluding hydrogens is 107 g/mol. The molecule has 0 bridgehead atoms. The molecule has 0 nitrogen and oxygen atoms in total. The maximum Gasteiger partial charge on any atom is -0.00761 e. The summed E-state index contributed by atoms with van der Waals surface area (Å²) in [5.74, 6) is 0. The topological polar surface area (TPSA) is 0 Å². The van der Waals surface area contributed by atoms with Crippen LogP contribution in [0.25, 0.3) is 0 Å². The van der Waals surface area contributed by atoms with E-state index in [1.807, 2.05) is 6.26 Å². The molecule has 0 aromatic carbocycles. The monoisotopic (exact) mass is 112 g/mol. The van der Waals surface area contributed by atoms with Crippen LogP contribution < -0.4 is 0 Å². The Hall–Kier alpha value is 1.13. The quantitative estimate of drug-likeness (QED) is 0.374. The van der Waals surface area contributed by atoms with Crippen LogP contribution in [0.3, 0.4) is 0 Å². The largest absolute Gasteiger partial charge is 0.0936 e. The van der Waals surface area contributed by atoms with E-state index in [1.54, 1.807) is 21.2 Å². The maximum atomic E-state index is 2.53. The van der Waals surface area contributed by atoms with Crippen molar-refractivity contribution >= 4 is 29.6 Å². The number of rotatable bonds is 1. The van der Waals surface area contributed by atoms with Crippen molar-refractivity contribution in [3.8, 4) is 0 Å². The predicted octanol–water partition coefficient (Wildman–Crippen LogP) is 1.79. The average molecular weight is 112 g/mol. The zero-order valence-electron chi connectivity index (χ0n) is 2.39. The van der Waals surface area contributed by atoms with Crippen molar-refractivity contribution in [3.63, 3.8) is 0 Å². The van der Waals surface area contributed by atoms with E-state index in [-0.39, 0.29) is 0 Å². The minimum absolute atomic E-state index is 1.69. The van der Waals surface area contributed by atoms with Crippen molar-refractivity contribution in [1.82, 2.24) is 0 Å². The first kappa shape index (κ1) is 5.13. The average Bonchev–Trinajstić information content (AvgIpc) is 1.37. The van der Waals surface area contributed by atoms with Crippen molar-refractivity contribution < 1.29 is 0 Å². The van der Waals surface area contributed by atoms with Gasteiger partial charge in [0.05, 0.1) is 0 Å². The molecule has 0 aliphatic carbocycles. The molecule has 0 radical (unpaired) electrons. The third-order valence-corrected chi connectivity index (χ3v) is 2.60. The van der Waals surface area contributed by atoms with Gasteiger partial charge in [-0.1, -0.05) is 29.6 Å². The molecule has 0 N–H and O–H groups in total. The molecule has 0 saturated heterocycles. The Bertz CT molecular complexity index is 8.00. The van der Waals surface area contributed by atoms with Crippen LogP contribution in [-0.2, 0) is 0 Å². The van der Waals surface area contributed by atoms with Gasteiger partial charge in [-0.2, -0.15) is 0 Å². The van der Waals surface area contributed by atoms with Crippen LogP contribution in [0.15, 0.2) is 0 Å². The molecule has 0 amide bonds. The molecular formula is CH5PS2. The van der Waals surface area contributed by atoms with E-state index in [9.17, 15) is 0 Å². The molecule has 1 unspecified atom stereocenters. The van der Waals surface area contributed by atoms with Gasteiger partial charge in [-0.25, -0.2) is 0 Å². The van der Waals surface area contributed by atoms with Gasteiger partial charge in [0.2, 0.25) is 0 Å². The molecule has 0 aliphatic heterocycles. The van der Waals surface area contributed by atoms with Crippen LogP contribution in [0.1, 0.15) is 0 Å².